The second-order valence-electron chi connectivity index (χ2n) is 12.9. The molecule has 4 aromatic carbocycles. The van der Waals surface area contributed by atoms with E-state index < -0.39 is 12.1 Å². The van der Waals surface area contributed by atoms with Gasteiger partial charge in [0, 0.05) is 47.6 Å². The number of para-hydroxylation sites is 1. The molecule has 0 radical (unpaired) electrons. The number of phenolic OH excluding ortho intramolecular Hbond substituents is 2. The average molecular weight is 629 g/mol. The van der Waals surface area contributed by atoms with E-state index in [0.29, 0.717) is 23.5 Å². The first-order valence-electron chi connectivity index (χ1n) is 16.0. The van der Waals surface area contributed by atoms with E-state index in [0.717, 1.165) is 40.9 Å². The number of benzene rings is 4. The largest absolute Gasteiger partial charge is 0.507 e. The van der Waals surface area contributed by atoms with Gasteiger partial charge in [-0.25, -0.2) is 4.98 Å². The molecule has 0 fully saturated rings. The van der Waals surface area contributed by atoms with Crippen LogP contribution in [0.4, 0.5) is 0 Å². The van der Waals surface area contributed by atoms with Gasteiger partial charge in [-0.2, -0.15) is 0 Å². The van der Waals surface area contributed by atoms with Crippen LogP contribution in [0.15, 0.2) is 120 Å². The van der Waals surface area contributed by atoms with E-state index >= 15 is 0 Å². The van der Waals surface area contributed by atoms with E-state index in [2.05, 4.69) is 37.9 Å². The average Bonchev–Trinajstić information content (AvgIpc) is 3.59. The quantitative estimate of drug-likeness (QED) is 0.107. The molecular weight excluding hydrogens is 584 g/mol. The summed E-state index contributed by atoms with van der Waals surface area (Å²) in [6.45, 7) is 11.5. The van der Waals surface area contributed by atoms with Gasteiger partial charge in [-0.15, -0.1) is 0 Å². The molecule has 0 amide bonds. The van der Waals surface area contributed by atoms with Crippen molar-refractivity contribution in [3.8, 4) is 17.2 Å². The van der Waals surface area contributed by atoms with Crippen LogP contribution in [0.3, 0.4) is 0 Å². The second kappa shape index (κ2) is 14.9. The number of aliphatic imine (C=N–C) groups is 2. The van der Waals surface area contributed by atoms with Crippen molar-refractivity contribution in [2.24, 2.45) is 9.98 Å². The van der Waals surface area contributed by atoms with Crippen molar-refractivity contribution in [3.63, 3.8) is 0 Å². The SMILES string of the molecule is CC(=N[C@H](c1ccccc1)[C@H](N=Cc1cccc(OCCCn2ccnc2)c1O)c1ccccc1)c1cc(C)cc(C(C)(C)C)c1O. The molecule has 7 heteroatoms. The highest BCUT2D eigenvalue weighted by atomic mass is 16.5. The van der Waals surface area contributed by atoms with Crippen molar-refractivity contribution in [2.45, 2.75) is 65.1 Å². The van der Waals surface area contributed by atoms with Gasteiger partial charge < -0.3 is 19.5 Å². The molecule has 2 atom stereocenters. The van der Waals surface area contributed by atoms with Gasteiger partial charge in [0.25, 0.3) is 0 Å². The Bertz CT molecular complexity index is 1810. The summed E-state index contributed by atoms with van der Waals surface area (Å²) in [7, 11) is 0. The molecule has 0 saturated heterocycles. The predicted octanol–water partition coefficient (Wildman–Crippen LogP) is 8.78. The number of aromatic nitrogens is 2. The number of aromatic hydroxyl groups is 2. The maximum absolute atomic E-state index is 11.4. The number of ether oxygens (including phenoxy) is 1. The molecule has 1 heterocycles. The molecule has 0 bridgehead atoms. The highest BCUT2D eigenvalue weighted by molar-refractivity contribution is 6.02. The first kappa shape index (κ1) is 33.2. The van der Waals surface area contributed by atoms with E-state index in [-0.39, 0.29) is 16.9 Å². The van der Waals surface area contributed by atoms with Gasteiger partial charge in [-0.1, -0.05) is 93.6 Å². The monoisotopic (exact) mass is 628 g/mol. The smallest absolute Gasteiger partial charge is 0.166 e. The summed E-state index contributed by atoms with van der Waals surface area (Å²) in [4.78, 5) is 14.5. The van der Waals surface area contributed by atoms with E-state index in [1.807, 2.05) is 97.4 Å². The van der Waals surface area contributed by atoms with Crippen LogP contribution < -0.4 is 4.74 Å². The number of phenols is 2. The Morgan fingerprint density at radius 1 is 0.894 bits per heavy atom. The fourth-order valence-electron chi connectivity index (χ4n) is 5.65. The number of aryl methyl sites for hydroxylation is 2. The van der Waals surface area contributed by atoms with Gasteiger partial charge in [-0.3, -0.25) is 9.98 Å². The van der Waals surface area contributed by atoms with Crippen molar-refractivity contribution in [3.05, 3.63) is 143 Å². The van der Waals surface area contributed by atoms with Crippen molar-refractivity contribution in [2.75, 3.05) is 6.61 Å². The minimum atomic E-state index is -0.429. The van der Waals surface area contributed by atoms with Crippen LogP contribution in [0.5, 0.6) is 17.2 Å². The Labute approximate surface area is 278 Å². The molecule has 0 aliphatic carbocycles. The molecule has 0 aliphatic rings. The van der Waals surface area contributed by atoms with Crippen molar-refractivity contribution in [1.82, 2.24) is 9.55 Å². The van der Waals surface area contributed by atoms with Crippen molar-refractivity contribution >= 4 is 11.9 Å². The zero-order chi connectivity index (χ0) is 33.4. The number of nitrogens with zero attached hydrogens (tertiary/aromatic N) is 4. The maximum Gasteiger partial charge on any atom is 0.166 e. The lowest BCUT2D eigenvalue weighted by atomic mass is 9.83. The summed E-state index contributed by atoms with van der Waals surface area (Å²) in [5.74, 6) is 0.706. The summed E-state index contributed by atoms with van der Waals surface area (Å²) in [5.41, 5.74) is 5.65. The third-order valence-electron chi connectivity index (χ3n) is 8.15. The summed E-state index contributed by atoms with van der Waals surface area (Å²) in [6.07, 6.45) is 7.92. The van der Waals surface area contributed by atoms with Crippen LogP contribution >= 0.6 is 0 Å². The Balaban J connectivity index is 1.51. The van der Waals surface area contributed by atoms with Crippen molar-refractivity contribution in [1.29, 1.82) is 0 Å². The molecule has 0 saturated carbocycles. The zero-order valence-electron chi connectivity index (χ0n) is 27.8. The molecule has 5 aromatic rings. The Hall–Kier alpha value is -5.17. The van der Waals surface area contributed by atoms with Gasteiger partial charge in [0.05, 0.1) is 12.9 Å². The number of hydrogen-bond acceptors (Lipinski definition) is 6. The lowest BCUT2D eigenvalue weighted by Crippen LogP contribution is -2.15. The Morgan fingerprint density at radius 3 is 2.21 bits per heavy atom. The lowest BCUT2D eigenvalue weighted by Gasteiger charge is -2.25. The van der Waals surface area contributed by atoms with E-state index in [1.165, 1.54) is 0 Å². The number of hydrogen-bond donors (Lipinski definition) is 2. The van der Waals surface area contributed by atoms with Crippen molar-refractivity contribution < 1.29 is 14.9 Å². The zero-order valence-corrected chi connectivity index (χ0v) is 27.8. The fourth-order valence-corrected chi connectivity index (χ4v) is 5.65. The highest BCUT2D eigenvalue weighted by Gasteiger charge is 2.26. The van der Waals surface area contributed by atoms with Gasteiger partial charge in [0.15, 0.2) is 11.5 Å². The van der Waals surface area contributed by atoms with Crippen LogP contribution in [0, 0.1) is 6.92 Å². The van der Waals surface area contributed by atoms with Crippen LogP contribution in [-0.2, 0) is 12.0 Å². The topological polar surface area (TPSA) is 92.2 Å². The van der Waals surface area contributed by atoms with Crippen LogP contribution in [0.25, 0.3) is 0 Å². The Kier molecular flexibility index (Phi) is 10.6. The molecule has 0 spiro atoms. The predicted molar refractivity (Wildman–Crippen MR) is 190 cm³/mol. The van der Waals surface area contributed by atoms with Crippen LogP contribution in [-0.4, -0.2) is 38.3 Å². The molecule has 47 heavy (non-hydrogen) atoms. The molecule has 0 aliphatic heterocycles. The minimum absolute atomic E-state index is 0.0426. The summed E-state index contributed by atoms with van der Waals surface area (Å²) < 4.78 is 7.94. The van der Waals surface area contributed by atoms with Crippen LogP contribution in [0.1, 0.15) is 79.6 Å². The normalized spacial score (nSPS) is 13.5. The van der Waals surface area contributed by atoms with Gasteiger partial charge in [0.2, 0.25) is 0 Å². The number of imidazole rings is 1. The van der Waals surface area contributed by atoms with Gasteiger partial charge in [-0.05, 0) is 60.6 Å². The third kappa shape index (κ3) is 8.36. The lowest BCUT2D eigenvalue weighted by molar-refractivity contribution is 0.286. The maximum atomic E-state index is 11.4. The van der Waals surface area contributed by atoms with E-state index in [1.54, 1.807) is 24.8 Å². The molecule has 1 aromatic heterocycles. The van der Waals surface area contributed by atoms with E-state index in [4.69, 9.17) is 14.7 Å². The highest BCUT2D eigenvalue weighted by Crippen LogP contribution is 2.39. The molecule has 7 nitrogen and oxygen atoms in total. The first-order valence-corrected chi connectivity index (χ1v) is 16.0. The molecule has 242 valence electrons. The fraction of sp³-hybridized carbons (Fsp3) is 0.275. The standard InChI is InChI=1S/C40H44N4O3/c1-28-24-33(39(46)34(25-28)40(3,4)5)29(2)43-37(31-16-10-7-11-17-31)36(30-14-8-6-9-15-30)42-26-32-18-12-19-35(38(32)45)47-23-13-21-44-22-20-41-27-44/h6-12,14-20,22,24-27,36-37,45-46H,13,21,23H2,1-5H3/t36-,37-/m1/s1. The summed E-state index contributed by atoms with van der Waals surface area (Å²) >= 11 is 0. The number of rotatable bonds is 12. The summed E-state index contributed by atoms with van der Waals surface area (Å²) in [5, 5.41) is 22.6. The Morgan fingerprint density at radius 2 is 1.57 bits per heavy atom. The summed E-state index contributed by atoms with van der Waals surface area (Å²) in [6, 6.07) is 28.8. The first-order chi connectivity index (χ1) is 22.6. The molecule has 2 N–H and O–H groups in total. The van der Waals surface area contributed by atoms with Gasteiger partial charge in [0.1, 0.15) is 17.8 Å². The second-order valence-corrected chi connectivity index (χ2v) is 12.9. The molecule has 0 unspecified atom stereocenters. The molecular formula is C40H44N4O3. The van der Waals surface area contributed by atoms with Crippen LogP contribution in [0.2, 0.25) is 0 Å². The third-order valence-corrected chi connectivity index (χ3v) is 8.15. The minimum Gasteiger partial charge on any atom is -0.507 e. The van der Waals surface area contributed by atoms with Gasteiger partial charge >= 0.3 is 0 Å². The van der Waals surface area contributed by atoms with E-state index in [9.17, 15) is 10.2 Å². The molecule has 5 rings (SSSR count).